The van der Waals surface area contributed by atoms with Crippen molar-refractivity contribution in [3.05, 3.63) is 65.7 Å². The number of hydrazone groups is 1. The summed E-state index contributed by atoms with van der Waals surface area (Å²) in [6, 6.07) is 17.3. The van der Waals surface area contributed by atoms with Crippen molar-refractivity contribution in [1.82, 2.24) is 5.43 Å². The van der Waals surface area contributed by atoms with E-state index in [-0.39, 0.29) is 5.71 Å². The van der Waals surface area contributed by atoms with Crippen molar-refractivity contribution < 1.29 is 23.9 Å². The molecule has 0 saturated carbocycles. The number of ketones is 1. The number of thioether (sulfide) groups is 1. The molecule has 2 atom stereocenters. The summed E-state index contributed by atoms with van der Waals surface area (Å²) in [7, 11) is 1.54. The number of hydrogen-bond acceptors (Lipinski definition) is 8. The molecule has 1 aliphatic heterocycles. The minimum absolute atomic E-state index is 0.0150. The number of nitriles is 1. The summed E-state index contributed by atoms with van der Waals surface area (Å²) in [6.07, 6.45) is -0.848. The molecule has 2 amide bonds. The minimum atomic E-state index is -2.00. The Hall–Kier alpha value is -3.97. The first-order valence-electron chi connectivity index (χ1n) is 11.4. The largest absolute Gasteiger partial charge is 0.497 e. The third-order valence-electron chi connectivity index (χ3n) is 5.74. The molecule has 37 heavy (non-hydrogen) atoms. The van der Waals surface area contributed by atoms with Crippen LogP contribution in [-0.4, -0.2) is 46.0 Å². The lowest BCUT2D eigenvalue weighted by molar-refractivity contribution is -0.126. The second-order valence-electron chi connectivity index (χ2n) is 9.33. The van der Waals surface area contributed by atoms with Crippen LogP contribution < -0.4 is 10.2 Å². The molecule has 2 aromatic rings. The maximum absolute atomic E-state index is 13.8. The monoisotopic (exact) mass is 520 g/mol. The number of amides is 2. The van der Waals surface area contributed by atoms with Gasteiger partial charge in [0.2, 0.25) is 0 Å². The van der Waals surface area contributed by atoms with Gasteiger partial charge in [-0.25, -0.2) is 15.2 Å². The number of carbonyl (C=O) groups excluding carboxylic acids is 3. The van der Waals surface area contributed by atoms with Gasteiger partial charge in [-0.15, -0.1) is 0 Å². The smallest absolute Gasteiger partial charge is 0.428 e. The summed E-state index contributed by atoms with van der Waals surface area (Å²) < 4.78 is 8.55. The molecule has 192 valence electrons. The first-order valence-corrected chi connectivity index (χ1v) is 12.2. The Balaban J connectivity index is 2.20. The predicted molar refractivity (Wildman–Crippen MR) is 142 cm³/mol. The first kappa shape index (κ1) is 27.6. The molecule has 2 unspecified atom stereocenters. The Morgan fingerprint density at radius 2 is 1.70 bits per heavy atom. The first-order chi connectivity index (χ1) is 17.4. The van der Waals surface area contributed by atoms with Gasteiger partial charge in [-0.2, -0.15) is 10.4 Å². The zero-order valence-electron chi connectivity index (χ0n) is 21.5. The molecular formula is C27H28N4O5S. The lowest BCUT2D eigenvalue weighted by Gasteiger charge is -2.39. The van der Waals surface area contributed by atoms with Crippen molar-refractivity contribution in [1.29, 1.82) is 5.26 Å². The fourth-order valence-corrected chi connectivity index (χ4v) is 5.51. The van der Waals surface area contributed by atoms with E-state index in [2.05, 4.69) is 21.6 Å². The number of hydrogen-bond donors (Lipinski definition) is 1. The van der Waals surface area contributed by atoms with Gasteiger partial charge in [0.15, 0.2) is 15.9 Å². The molecule has 3 rings (SSSR count). The molecule has 0 spiro atoms. The summed E-state index contributed by atoms with van der Waals surface area (Å²) in [6.45, 7) is 7.82. The summed E-state index contributed by atoms with van der Waals surface area (Å²) in [5.41, 5.74) is 0.422. The van der Waals surface area contributed by atoms with E-state index in [1.54, 1.807) is 75.4 Å². The molecular weight excluding hydrogens is 492 g/mol. The summed E-state index contributed by atoms with van der Waals surface area (Å²) >= 11 is 0.954. The predicted octanol–water partition coefficient (Wildman–Crippen LogP) is 4.41. The highest BCUT2D eigenvalue weighted by Crippen LogP contribution is 2.51. The molecule has 1 aliphatic rings. The Kier molecular flexibility index (Phi) is 7.88. The molecule has 2 aromatic carbocycles. The average Bonchev–Trinajstić information content (AvgIpc) is 3.21. The number of carbonyl (C=O) groups is 3. The van der Waals surface area contributed by atoms with E-state index < -0.39 is 33.5 Å². The van der Waals surface area contributed by atoms with Crippen molar-refractivity contribution in [2.75, 3.05) is 7.11 Å². The van der Waals surface area contributed by atoms with Crippen molar-refractivity contribution in [2.24, 2.45) is 10.1 Å². The lowest BCUT2D eigenvalue weighted by atomic mass is 9.66. The molecule has 0 aliphatic carbocycles. The van der Waals surface area contributed by atoms with Gasteiger partial charge in [-0.05, 0) is 64.4 Å². The van der Waals surface area contributed by atoms with Crippen molar-refractivity contribution >= 4 is 40.3 Å². The van der Waals surface area contributed by atoms with Gasteiger partial charge in [0, 0.05) is 5.56 Å². The van der Waals surface area contributed by atoms with Crippen LogP contribution >= 0.6 is 11.8 Å². The van der Waals surface area contributed by atoms with Gasteiger partial charge in [0.1, 0.15) is 16.4 Å². The Labute approximate surface area is 219 Å². The second-order valence-corrected chi connectivity index (χ2v) is 10.5. The van der Waals surface area contributed by atoms with Crippen LogP contribution in [0.3, 0.4) is 0 Å². The van der Waals surface area contributed by atoms with Crippen molar-refractivity contribution in [2.45, 2.75) is 50.4 Å². The van der Waals surface area contributed by atoms with Crippen LogP contribution in [0.4, 0.5) is 4.79 Å². The van der Waals surface area contributed by atoms with Crippen molar-refractivity contribution in [3.63, 3.8) is 0 Å². The van der Waals surface area contributed by atoms with Gasteiger partial charge in [0.25, 0.3) is 5.91 Å². The summed E-state index contributed by atoms with van der Waals surface area (Å²) in [5, 5.41) is 15.0. The third-order valence-corrected chi connectivity index (χ3v) is 7.35. The molecule has 0 aromatic heterocycles. The maximum Gasteiger partial charge on any atom is 0.428 e. The molecule has 0 bridgehead atoms. The van der Waals surface area contributed by atoms with Crippen LogP contribution in [0.15, 0.2) is 64.7 Å². The highest BCUT2D eigenvalue weighted by molar-refractivity contribution is 8.17. The van der Waals surface area contributed by atoms with Gasteiger partial charge >= 0.3 is 6.09 Å². The molecule has 1 heterocycles. The number of nitrogens with zero attached hydrogens (tertiary/aromatic N) is 3. The lowest BCUT2D eigenvalue weighted by Crippen LogP contribution is -2.60. The fraction of sp³-hybridized carbons (Fsp3) is 0.333. The van der Waals surface area contributed by atoms with Crippen LogP contribution in [0.5, 0.6) is 5.75 Å². The number of ether oxygens (including phenoxy) is 2. The Bertz CT molecular complexity index is 1310. The Morgan fingerprint density at radius 3 is 2.22 bits per heavy atom. The zero-order chi connectivity index (χ0) is 27.4. The van der Waals surface area contributed by atoms with Gasteiger partial charge in [-0.1, -0.05) is 42.1 Å². The van der Waals surface area contributed by atoms with E-state index in [4.69, 9.17) is 9.47 Å². The van der Waals surface area contributed by atoms with E-state index in [9.17, 15) is 19.6 Å². The van der Waals surface area contributed by atoms with Crippen LogP contribution in [0.1, 0.15) is 45.7 Å². The normalized spacial score (nSPS) is 19.3. The third kappa shape index (κ3) is 5.13. The van der Waals surface area contributed by atoms with Crippen LogP contribution in [-0.2, 0) is 19.7 Å². The topological polar surface area (TPSA) is 130 Å². The number of nitrogens with one attached hydrogen (secondary N) is 1. The van der Waals surface area contributed by atoms with E-state index >= 15 is 0 Å². The average molecular weight is 521 g/mol. The molecule has 0 saturated heterocycles. The van der Waals surface area contributed by atoms with E-state index in [0.29, 0.717) is 21.9 Å². The number of rotatable bonds is 7. The van der Waals surface area contributed by atoms with Gasteiger partial charge in [0.05, 0.1) is 18.9 Å². The molecule has 10 heteroatoms. The number of methoxy groups -OCH3 is 1. The zero-order valence-corrected chi connectivity index (χ0v) is 22.3. The summed E-state index contributed by atoms with van der Waals surface area (Å²) in [5.74, 6) is -0.695. The minimum Gasteiger partial charge on any atom is -0.497 e. The quantitative estimate of drug-likeness (QED) is 0.423. The van der Waals surface area contributed by atoms with Crippen molar-refractivity contribution in [3.8, 4) is 11.8 Å². The Morgan fingerprint density at radius 1 is 1.08 bits per heavy atom. The van der Waals surface area contributed by atoms with E-state index in [1.807, 2.05) is 0 Å². The number of aliphatic imine (C=N–C) groups is 1. The summed E-state index contributed by atoms with van der Waals surface area (Å²) in [4.78, 5) is 43.8. The highest BCUT2D eigenvalue weighted by Gasteiger charge is 2.67. The molecule has 9 nitrogen and oxygen atoms in total. The van der Waals surface area contributed by atoms with Gasteiger partial charge < -0.3 is 9.47 Å². The highest BCUT2D eigenvalue weighted by atomic mass is 32.2. The second kappa shape index (κ2) is 10.6. The molecule has 0 fully saturated rings. The van der Waals surface area contributed by atoms with Crippen LogP contribution in [0, 0.1) is 11.3 Å². The van der Waals surface area contributed by atoms with E-state index in [0.717, 1.165) is 11.8 Å². The number of benzene rings is 2. The van der Waals surface area contributed by atoms with Gasteiger partial charge in [-0.3, -0.25) is 9.59 Å². The SMILES string of the molecule is COc1ccc(C2=NC(=O)C(/C(C)=N/NC(=O)OC(C)(C)C)(C(C#N)(C(C)=O)c3ccccc3)S2)cc1. The standard InChI is InChI=1S/C27H28N4O5S/c1-17(30-31-24(34)36-25(3,4)5)27(26(16-28,18(2)32)20-10-8-7-9-11-20)23(33)29-22(37-27)19-12-14-21(35-6)15-13-19/h7-15H,1-6H3,(H,31,34)/b30-17+. The van der Waals surface area contributed by atoms with E-state index in [1.165, 1.54) is 21.0 Å². The molecule has 0 radical (unpaired) electrons. The number of Topliss-reactive ketones (excluding diaryl/α,β-unsaturated/α-hetero) is 1. The molecule has 1 N–H and O–H groups in total. The van der Waals surface area contributed by atoms with Crippen LogP contribution in [0.2, 0.25) is 0 Å². The van der Waals surface area contributed by atoms with Crippen LogP contribution in [0.25, 0.3) is 0 Å². The maximum atomic E-state index is 13.8. The fourth-order valence-electron chi connectivity index (χ4n) is 4.05.